The summed E-state index contributed by atoms with van der Waals surface area (Å²) in [7, 11) is 0. The summed E-state index contributed by atoms with van der Waals surface area (Å²) < 4.78 is 56.0. The van der Waals surface area contributed by atoms with Crippen LogP contribution in [0.15, 0.2) is 35.4 Å². The summed E-state index contributed by atoms with van der Waals surface area (Å²) in [5.74, 6) is -11.0. The smallest absolute Gasteiger partial charge is 0.401 e. The maximum absolute atomic E-state index is 13.3. The fraction of sp³-hybridized carbons (Fsp3) is 0.316. The number of Topliss-reactive ketones (excluding diaryl/α,β-unsaturated/α-hetero) is 1. The molecule has 1 aromatic rings. The third-order valence-corrected chi connectivity index (χ3v) is 4.07. The number of hydrogen-bond acceptors (Lipinski definition) is 6. The number of alkyl halides is 4. The highest BCUT2D eigenvalue weighted by Gasteiger charge is 2.52. The fourth-order valence-corrected chi connectivity index (χ4v) is 2.60. The molecular weight excluding hydrogens is 400 g/mol. The van der Waals surface area contributed by atoms with Crippen LogP contribution in [0.3, 0.4) is 0 Å². The Hall–Kier alpha value is -3.17. The van der Waals surface area contributed by atoms with Crippen LogP contribution in [0.1, 0.15) is 41.0 Å². The molecule has 10 heteroatoms. The maximum Gasteiger partial charge on any atom is 0.401 e. The minimum Gasteiger partial charge on any atom is -0.507 e. The lowest BCUT2D eigenvalue weighted by Gasteiger charge is -2.25. The summed E-state index contributed by atoms with van der Waals surface area (Å²) in [5.41, 5.74) is -1.09. The van der Waals surface area contributed by atoms with E-state index in [2.05, 4.69) is 4.74 Å². The van der Waals surface area contributed by atoms with E-state index >= 15 is 0 Å². The van der Waals surface area contributed by atoms with Crippen LogP contribution >= 0.6 is 0 Å². The third kappa shape index (κ3) is 4.30. The number of rotatable bonds is 6. The van der Waals surface area contributed by atoms with Gasteiger partial charge in [0.25, 0.3) is 0 Å². The molecule has 0 fully saturated rings. The molecule has 0 unspecified atom stereocenters. The molecule has 0 bridgehead atoms. The van der Waals surface area contributed by atoms with Crippen molar-refractivity contribution in [2.45, 2.75) is 38.7 Å². The van der Waals surface area contributed by atoms with E-state index in [-0.39, 0.29) is 6.42 Å². The number of ether oxygens (including phenoxy) is 1. The fourth-order valence-electron chi connectivity index (χ4n) is 2.60. The van der Waals surface area contributed by atoms with Gasteiger partial charge in [0, 0.05) is 12.0 Å². The molecule has 1 aliphatic carbocycles. The van der Waals surface area contributed by atoms with Crippen LogP contribution < -0.4 is 0 Å². The minimum absolute atomic E-state index is 0.368. The van der Waals surface area contributed by atoms with Gasteiger partial charge in [-0.2, -0.15) is 8.78 Å². The zero-order valence-electron chi connectivity index (χ0n) is 15.2. The molecule has 1 aliphatic rings. The molecule has 0 aromatic heterocycles. The number of aromatic hydroxyl groups is 2. The van der Waals surface area contributed by atoms with Crippen molar-refractivity contribution in [2.75, 3.05) is 0 Å². The Kier molecular flexibility index (Phi) is 6.15. The van der Waals surface area contributed by atoms with E-state index in [0.29, 0.717) is 11.6 Å². The van der Waals surface area contributed by atoms with E-state index in [9.17, 15) is 42.2 Å². The van der Waals surface area contributed by atoms with Crippen molar-refractivity contribution in [3.63, 3.8) is 0 Å². The third-order valence-electron chi connectivity index (χ3n) is 4.07. The second-order valence-electron chi connectivity index (χ2n) is 6.48. The Balaban J connectivity index is 2.50. The Morgan fingerprint density at radius 1 is 1.14 bits per heavy atom. The van der Waals surface area contributed by atoms with Crippen molar-refractivity contribution in [3.05, 3.63) is 46.6 Å². The normalized spacial score (nSPS) is 14.9. The van der Waals surface area contributed by atoms with E-state index in [1.807, 2.05) is 0 Å². The highest BCUT2D eigenvalue weighted by Crippen LogP contribution is 2.37. The largest absolute Gasteiger partial charge is 0.507 e. The standard InChI is InChI=1S/C19H16F4O6/c1-8(2)3-6-13(29-18(28)19(22,23)17(20)21)9-7-12(26)14-10(24)4-5-11(25)15(14)16(9)27/h3-5,7,13,17,24-25H,6H2,1-2H3/t13-/m1/s1. The topological polar surface area (TPSA) is 101 Å². The van der Waals surface area contributed by atoms with E-state index < -0.39 is 64.2 Å². The van der Waals surface area contributed by atoms with Crippen LogP contribution in [-0.4, -0.2) is 46.2 Å². The summed E-state index contributed by atoms with van der Waals surface area (Å²) in [5, 5.41) is 19.7. The number of phenolic OH excluding ortho intramolecular Hbond substituents is 2. The van der Waals surface area contributed by atoms with Crippen LogP contribution in [0.5, 0.6) is 11.5 Å². The van der Waals surface area contributed by atoms with Gasteiger partial charge in [-0.05, 0) is 32.1 Å². The summed E-state index contributed by atoms with van der Waals surface area (Å²) in [6.07, 6.45) is -4.46. The Labute approximate surface area is 162 Å². The van der Waals surface area contributed by atoms with Crippen molar-refractivity contribution in [3.8, 4) is 11.5 Å². The van der Waals surface area contributed by atoms with Crippen molar-refractivity contribution in [1.29, 1.82) is 0 Å². The number of ketones is 2. The number of carbonyl (C=O) groups excluding carboxylic acids is 3. The average molecular weight is 416 g/mol. The van der Waals surface area contributed by atoms with E-state index in [1.165, 1.54) is 6.08 Å². The van der Waals surface area contributed by atoms with Gasteiger partial charge in [-0.25, -0.2) is 13.6 Å². The van der Waals surface area contributed by atoms with Gasteiger partial charge in [0.15, 0.2) is 11.6 Å². The number of phenols is 2. The first-order valence-corrected chi connectivity index (χ1v) is 8.23. The number of carbonyl (C=O) groups is 3. The predicted molar refractivity (Wildman–Crippen MR) is 91.4 cm³/mol. The monoisotopic (exact) mass is 416 g/mol. The van der Waals surface area contributed by atoms with Gasteiger partial charge in [0.05, 0.1) is 11.1 Å². The molecule has 6 nitrogen and oxygen atoms in total. The zero-order chi connectivity index (χ0) is 22.1. The van der Waals surface area contributed by atoms with Gasteiger partial charge < -0.3 is 14.9 Å². The molecule has 1 atom stereocenters. The second-order valence-corrected chi connectivity index (χ2v) is 6.48. The molecule has 0 amide bonds. The lowest BCUT2D eigenvalue weighted by molar-refractivity contribution is -0.197. The van der Waals surface area contributed by atoms with Gasteiger partial charge in [0.2, 0.25) is 0 Å². The highest BCUT2D eigenvalue weighted by atomic mass is 19.3. The average Bonchev–Trinajstić information content (AvgIpc) is 2.63. The molecule has 156 valence electrons. The van der Waals surface area contributed by atoms with Crippen LogP contribution in [0.4, 0.5) is 17.6 Å². The Morgan fingerprint density at radius 2 is 1.69 bits per heavy atom. The molecule has 0 heterocycles. The maximum atomic E-state index is 13.3. The Morgan fingerprint density at radius 3 is 2.21 bits per heavy atom. The van der Waals surface area contributed by atoms with E-state index in [4.69, 9.17) is 0 Å². The second kappa shape index (κ2) is 8.06. The number of benzene rings is 1. The molecule has 0 saturated carbocycles. The molecular formula is C19H16F4O6. The van der Waals surface area contributed by atoms with Crippen molar-refractivity contribution >= 4 is 17.5 Å². The molecule has 0 radical (unpaired) electrons. The molecule has 0 spiro atoms. The van der Waals surface area contributed by atoms with Crippen LogP contribution in [0.25, 0.3) is 0 Å². The quantitative estimate of drug-likeness (QED) is 0.318. The highest BCUT2D eigenvalue weighted by molar-refractivity contribution is 6.27. The molecule has 2 N–H and O–H groups in total. The van der Waals surface area contributed by atoms with E-state index in [1.54, 1.807) is 13.8 Å². The molecule has 29 heavy (non-hydrogen) atoms. The predicted octanol–water partition coefficient (Wildman–Crippen LogP) is 3.57. The minimum atomic E-state index is -5.12. The number of esters is 1. The number of allylic oxidation sites excluding steroid dienone is 2. The van der Waals surface area contributed by atoms with Crippen molar-refractivity contribution in [1.82, 2.24) is 0 Å². The molecule has 0 aliphatic heterocycles. The summed E-state index contributed by atoms with van der Waals surface area (Å²) >= 11 is 0. The van der Waals surface area contributed by atoms with Gasteiger partial charge in [0.1, 0.15) is 17.6 Å². The lowest BCUT2D eigenvalue weighted by atomic mass is 9.85. The SMILES string of the molecule is CC(C)=CC[C@@H](OC(=O)C(F)(F)C(F)F)C1=CC(=O)c2c(O)ccc(O)c2C1=O. The first-order chi connectivity index (χ1) is 13.4. The van der Waals surface area contributed by atoms with E-state index in [0.717, 1.165) is 12.1 Å². The lowest BCUT2D eigenvalue weighted by Crippen LogP contribution is -2.41. The molecule has 0 saturated heterocycles. The number of fused-ring (bicyclic) bond motifs is 1. The van der Waals surface area contributed by atoms with Crippen molar-refractivity contribution < 1.29 is 46.9 Å². The summed E-state index contributed by atoms with van der Waals surface area (Å²) in [6.45, 7) is 3.21. The first-order valence-electron chi connectivity index (χ1n) is 8.23. The molecule has 2 rings (SSSR count). The van der Waals surface area contributed by atoms with Gasteiger partial charge in [-0.1, -0.05) is 11.6 Å². The molecule has 1 aromatic carbocycles. The van der Waals surface area contributed by atoms with Crippen LogP contribution in [0, 0.1) is 0 Å². The van der Waals surface area contributed by atoms with Gasteiger partial charge in [-0.3, -0.25) is 9.59 Å². The summed E-state index contributed by atoms with van der Waals surface area (Å²) in [6, 6.07) is 1.91. The van der Waals surface area contributed by atoms with Gasteiger partial charge in [-0.15, -0.1) is 0 Å². The van der Waals surface area contributed by atoms with Crippen LogP contribution in [0.2, 0.25) is 0 Å². The van der Waals surface area contributed by atoms with Gasteiger partial charge >= 0.3 is 18.3 Å². The number of hydrogen-bond donors (Lipinski definition) is 2. The number of halogens is 4. The first kappa shape index (κ1) is 22.1. The van der Waals surface area contributed by atoms with Crippen molar-refractivity contribution in [2.24, 2.45) is 0 Å². The van der Waals surface area contributed by atoms with Crippen LogP contribution in [-0.2, 0) is 9.53 Å². The summed E-state index contributed by atoms with van der Waals surface area (Å²) in [4.78, 5) is 36.6. The Bertz CT molecular complexity index is 929. The zero-order valence-corrected chi connectivity index (χ0v) is 15.2.